The van der Waals surface area contributed by atoms with Crippen LogP contribution in [0.4, 0.5) is 0 Å². The number of fused-ring (bicyclic) bond motifs is 1. The van der Waals surface area contributed by atoms with Gasteiger partial charge >= 0.3 is 5.97 Å². The molecule has 0 aromatic rings. The van der Waals surface area contributed by atoms with Crippen molar-refractivity contribution in [1.82, 2.24) is 0 Å². The normalized spacial score (nSPS) is 62.8. The van der Waals surface area contributed by atoms with Gasteiger partial charge in [-0.2, -0.15) is 0 Å². The Morgan fingerprint density at radius 1 is 1.26 bits per heavy atom. The zero-order valence-electron chi connectivity index (χ0n) is 11.8. The lowest BCUT2D eigenvalue weighted by molar-refractivity contribution is -0.158. The van der Waals surface area contributed by atoms with Crippen LogP contribution in [0.2, 0.25) is 0 Å². The smallest absolute Gasteiger partial charge is 0.309 e. The van der Waals surface area contributed by atoms with Gasteiger partial charge in [0.15, 0.2) is 0 Å². The number of rotatable bonds is 0. The summed E-state index contributed by atoms with van der Waals surface area (Å²) >= 11 is 0. The Kier molecular flexibility index (Phi) is 2.03. The monoisotopic (exact) mass is 266 g/mol. The van der Waals surface area contributed by atoms with Crippen molar-refractivity contribution < 1.29 is 19.4 Å². The van der Waals surface area contributed by atoms with Gasteiger partial charge in [-0.05, 0) is 32.6 Å². The summed E-state index contributed by atoms with van der Waals surface area (Å²) in [5.41, 5.74) is -0.929. The van der Waals surface area contributed by atoms with Crippen LogP contribution < -0.4 is 0 Å². The summed E-state index contributed by atoms with van der Waals surface area (Å²) in [6, 6.07) is 0. The van der Waals surface area contributed by atoms with Crippen LogP contribution in [0.15, 0.2) is 0 Å². The van der Waals surface area contributed by atoms with E-state index < -0.39 is 5.60 Å². The molecule has 2 saturated heterocycles. The van der Waals surface area contributed by atoms with E-state index in [2.05, 4.69) is 13.8 Å². The molecule has 2 aliphatic carbocycles. The number of ether oxygens (including phenoxy) is 2. The van der Waals surface area contributed by atoms with Crippen LogP contribution in [0.3, 0.4) is 0 Å². The first-order valence-electron chi connectivity index (χ1n) is 7.44. The van der Waals surface area contributed by atoms with Crippen LogP contribution in [-0.2, 0) is 14.3 Å². The topological polar surface area (TPSA) is 59.1 Å². The summed E-state index contributed by atoms with van der Waals surface area (Å²) < 4.78 is 11.9. The van der Waals surface area contributed by atoms with Crippen molar-refractivity contribution in [2.24, 2.45) is 17.3 Å². The molecule has 2 saturated carbocycles. The van der Waals surface area contributed by atoms with E-state index >= 15 is 0 Å². The van der Waals surface area contributed by atoms with E-state index in [-0.39, 0.29) is 41.0 Å². The fourth-order valence-corrected chi connectivity index (χ4v) is 5.31. The molecule has 4 heteroatoms. The van der Waals surface area contributed by atoms with Gasteiger partial charge in [0, 0.05) is 11.3 Å². The Balaban J connectivity index is 1.81. The highest BCUT2D eigenvalue weighted by molar-refractivity contribution is 5.75. The highest BCUT2D eigenvalue weighted by atomic mass is 16.7. The number of carbonyl (C=O) groups is 1. The zero-order chi connectivity index (χ0) is 13.6. The van der Waals surface area contributed by atoms with Crippen molar-refractivity contribution in [3.8, 4) is 0 Å². The molecule has 106 valence electrons. The third-order valence-electron chi connectivity index (χ3n) is 6.65. The Morgan fingerprint density at radius 3 is 2.74 bits per heavy atom. The second-order valence-corrected chi connectivity index (χ2v) is 7.39. The molecule has 4 fully saturated rings. The Labute approximate surface area is 113 Å². The lowest BCUT2D eigenvalue weighted by atomic mass is 9.52. The van der Waals surface area contributed by atoms with Crippen molar-refractivity contribution in [1.29, 1.82) is 0 Å². The van der Waals surface area contributed by atoms with E-state index in [0.29, 0.717) is 0 Å². The molecule has 2 aliphatic heterocycles. The number of epoxide rings is 1. The molecule has 19 heavy (non-hydrogen) atoms. The van der Waals surface area contributed by atoms with E-state index in [9.17, 15) is 9.90 Å². The van der Waals surface area contributed by atoms with Crippen LogP contribution >= 0.6 is 0 Å². The fraction of sp³-hybridized carbons (Fsp3) is 0.933. The molecule has 2 heterocycles. The minimum atomic E-state index is -0.443. The average molecular weight is 266 g/mol. The van der Waals surface area contributed by atoms with Gasteiger partial charge in [0.05, 0.1) is 17.6 Å². The van der Waals surface area contributed by atoms with Crippen molar-refractivity contribution in [3.05, 3.63) is 0 Å². The van der Waals surface area contributed by atoms with Crippen LogP contribution in [0.25, 0.3) is 0 Å². The van der Waals surface area contributed by atoms with E-state index in [4.69, 9.17) is 9.47 Å². The minimum absolute atomic E-state index is 0.0311. The van der Waals surface area contributed by atoms with Gasteiger partial charge < -0.3 is 14.6 Å². The Morgan fingerprint density at radius 2 is 2.00 bits per heavy atom. The zero-order valence-corrected chi connectivity index (χ0v) is 11.8. The summed E-state index contributed by atoms with van der Waals surface area (Å²) in [5, 5.41) is 10.5. The molecule has 7 atom stereocenters. The first-order chi connectivity index (χ1) is 8.86. The molecule has 0 aromatic heterocycles. The number of carbonyl (C=O) groups excluding carboxylic acids is 1. The lowest BCUT2D eigenvalue weighted by Crippen LogP contribution is -2.62. The Hall–Kier alpha value is -0.610. The third-order valence-corrected chi connectivity index (χ3v) is 6.65. The molecule has 1 N–H and O–H groups in total. The maximum absolute atomic E-state index is 11.9. The third kappa shape index (κ3) is 1.09. The predicted octanol–water partition coefficient (Wildman–Crippen LogP) is 1.65. The van der Waals surface area contributed by atoms with Crippen molar-refractivity contribution in [2.45, 2.75) is 69.9 Å². The predicted molar refractivity (Wildman–Crippen MR) is 67.3 cm³/mol. The van der Waals surface area contributed by atoms with Crippen LogP contribution in [0.5, 0.6) is 0 Å². The number of aliphatic hydroxyl groups is 1. The van der Waals surface area contributed by atoms with Crippen molar-refractivity contribution >= 4 is 5.97 Å². The summed E-state index contributed by atoms with van der Waals surface area (Å²) in [7, 11) is 0. The van der Waals surface area contributed by atoms with Crippen LogP contribution in [-0.4, -0.2) is 34.5 Å². The Bertz CT molecular complexity index is 463. The molecule has 1 spiro atoms. The number of aliphatic hydroxyl groups excluding tert-OH is 1. The average Bonchev–Trinajstić information content (AvgIpc) is 2.90. The number of hydrogen-bond donors (Lipinski definition) is 1. The molecule has 0 amide bonds. The molecular weight excluding hydrogens is 244 g/mol. The second kappa shape index (κ2) is 3.17. The second-order valence-electron chi connectivity index (χ2n) is 7.39. The maximum atomic E-state index is 11.9. The lowest BCUT2D eigenvalue weighted by Gasteiger charge is -2.51. The van der Waals surface area contributed by atoms with Crippen LogP contribution in [0.1, 0.15) is 46.5 Å². The van der Waals surface area contributed by atoms with Gasteiger partial charge in [0.2, 0.25) is 0 Å². The van der Waals surface area contributed by atoms with E-state index in [1.165, 1.54) is 0 Å². The standard InChI is InChI=1S/C15H22O4/c1-8-9-4-6-13(2)10(16)5-7-14(3)15(13,19-14)11(9)18-12(8)17/h8-11,16H,4-7H2,1-3H3/t8-,9-,10+,11-,13-,14-,15+/m0/s1. The number of hydrogen-bond acceptors (Lipinski definition) is 4. The summed E-state index contributed by atoms with van der Waals surface area (Å²) in [6.45, 7) is 6.21. The quantitative estimate of drug-likeness (QED) is 0.535. The molecule has 4 aliphatic rings. The number of esters is 1. The van der Waals surface area contributed by atoms with Crippen LogP contribution in [0, 0.1) is 17.3 Å². The highest BCUT2D eigenvalue weighted by Crippen LogP contribution is 2.73. The van der Waals surface area contributed by atoms with Gasteiger partial charge in [0.25, 0.3) is 0 Å². The van der Waals surface area contributed by atoms with Gasteiger partial charge in [-0.15, -0.1) is 0 Å². The SMILES string of the molecule is C[C@@H]1C(=O)O[C@H]2[C@H]1CC[C@@]1(C)[C@H](O)CC[C@]3(C)O[C@]213. The van der Waals surface area contributed by atoms with E-state index in [0.717, 1.165) is 25.7 Å². The summed E-state index contributed by atoms with van der Waals surface area (Å²) in [6.07, 6.45) is 3.01. The first-order valence-corrected chi connectivity index (χ1v) is 7.44. The molecule has 0 radical (unpaired) electrons. The molecular formula is C15H22O4. The van der Waals surface area contributed by atoms with Crippen molar-refractivity contribution in [2.75, 3.05) is 0 Å². The van der Waals surface area contributed by atoms with E-state index in [1.54, 1.807) is 0 Å². The first kappa shape index (κ1) is 12.2. The maximum Gasteiger partial charge on any atom is 0.309 e. The molecule has 4 rings (SSSR count). The van der Waals surface area contributed by atoms with Gasteiger partial charge in [-0.3, -0.25) is 4.79 Å². The van der Waals surface area contributed by atoms with Crippen molar-refractivity contribution in [3.63, 3.8) is 0 Å². The highest BCUT2D eigenvalue weighted by Gasteiger charge is 2.85. The van der Waals surface area contributed by atoms with Gasteiger partial charge in [-0.25, -0.2) is 0 Å². The van der Waals surface area contributed by atoms with E-state index in [1.807, 2.05) is 6.92 Å². The van der Waals surface area contributed by atoms with Gasteiger partial charge in [0.1, 0.15) is 11.7 Å². The fourth-order valence-electron chi connectivity index (χ4n) is 5.31. The largest absolute Gasteiger partial charge is 0.459 e. The molecule has 4 nitrogen and oxygen atoms in total. The minimum Gasteiger partial charge on any atom is -0.459 e. The van der Waals surface area contributed by atoms with Gasteiger partial charge in [-0.1, -0.05) is 13.8 Å². The molecule has 0 aromatic carbocycles. The molecule has 0 bridgehead atoms. The molecule has 0 unspecified atom stereocenters. The summed E-state index contributed by atoms with van der Waals surface area (Å²) in [5.74, 6) is 0.135. The summed E-state index contributed by atoms with van der Waals surface area (Å²) in [4.78, 5) is 11.9.